The van der Waals surface area contributed by atoms with E-state index < -0.39 is 0 Å². The number of rotatable bonds is 6. The summed E-state index contributed by atoms with van der Waals surface area (Å²) in [6.45, 7) is 0. The summed E-state index contributed by atoms with van der Waals surface area (Å²) in [6, 6.07) is 62.6. The Hall–Kier alpha value is -7.77. The van der Waals surface area contributed by atoms with E-state index in [1.165, 1.54) is 0 Å². The zero-order chi connectivity index (χ0) is 37.0. The van der Waals surface area contributed by atoms with Gasteiger partial charge in [0, 0.05) is 44.6 Å². The first-order chi connectivity index (χ1) is 27.8. The lowest BCUT2D eigenvalue weighted by atomic mass is 9.96. The molecule has 11 aromatic rings. The second-order valence-corrected chi connectivity index (χ2v) is 13.8. The fourth-order valence-corrected chi connectivity index (χ4v) is 7.90. The van der Waals surface area contributed by atoms with Crippen molar-refractivity contribution in [2.45, 2.75) is 0 Å². The summed E-state index contributed by atoms with van der Waals surface area (Å²) in [7, 11) is 0. The van der Waals surface area contributed by atoms with Crippen LogP contribution in [0.5, 0.6) is 0 Å². The molecule has 0 unspecified atom stereocenters. The third kappa shape index (κ3) is 5.17. The van der Waals surface area contributed by atoms with Crippen LogP contribution in [0.3, 0.4) is 0 Å². The maximum absolute atomic E-state index is 5.46. The molecule has 5 aromatic heterocycles. The second-order valence-electron chi connectivity index (χ2n) is 13.8. The van der Waals surface area contributed by atoms with Crippen molar-refractivity contribution in [1.29, 1.82) is 0 Å². The van der Waals surface area contributed by atoms with Crippen molar-refractivity contribution in [3.8, 4) is 62.5 Å². The molecular formula is C49H31N7. The number of fused-ring (bicyclic) bond motifs is 6. The molecule has 0 aliphatic rings. The normalized spacial score (nSPS) is 11.6. The highest BCUT2D eigenvalue weighted by atomic mass is 15.2. The van der Waals surface area contributed by atoms with E-state index in [4.69, 9.17) is 25.0 Å². The van der Waals surface area contributed by atoms with E-state index in [9.17, 15) is 0 Å². The van der Waals surface area contributed by atoms with Crippen molar-refractivity contribution in [1.82, 2.24) is 34.1 Å². The van der Waals surface area contributed by atoms with E-state index in [1.807, 2.05) is 85.1 Å². The summed E-state index contributed by atoms with van der Waals surface area (Å²) in [5.74, 6) is 1.79. The maximum Gasteiger partial charge on any atom is 0.238 e. The first kappa shape index (κ1) is 31.7. The Kier molecular flexibility index (Phi) is 7.35. The fourth-order valence-electron chi connectivity index (χ4n) is 7.90. The van der Waals surface area contributed by atoms with E-state index in [0.29, 0.717) is 17.6 Å². The standard InChI is InChI=1S/C49H31N7/c1-4-16-32(17-5-1)44-45(54-56-43(40-25-14-15-29-50-40)31-35-22-10-11-23-37(35)46(44)56)36-27-28-42-39(30-36)38-24-12-13-26-41(38)55(42)49-52-47(33-18-6-2-7-19-33)51-48(53-49)34-20-8-3-9-21-34/h1-31H. The molecule has 0 atom stereocenters. The number of pyridine rings is 2. The van der Waals surface area contributed by atoms with Gasteiger partial charge < -0.3 is 0 Å². The third-order valence-corrected chi connectivity index (χ3v) is 10.4. The summed E-state index contributed by atoms with van der Waals surface area (Å²) in [5.41, 5.74) is 10.7. The molecule has 7 nitrogen and oxygen atoms in total. The van der Waals surface area contributed by atoms with E-state index in [-0.39, 0.29) is 0 Å². The largest absolute Gasteiger partial charge is 0.278 e. The van der Waals surface area contributed by atoms with Crippen molar-refractivity contribution >= 4 is 38.1 Å². The van der Waals surface area contributed by atoms with Gasteiger partial charge in [0.15, 0.2) is 11.6 Å². The van der Waals surface area contributed by atoms with Crippen molar-refractivity contribution in [2.75, 3.05) is 0 Å². The number of para-hydroxylation sites is 1. The van der Waals surface area contributed by atoms with Crippen LogP contribution in [0.4, 0.5) is 0 Å². The molecule has 0 fully saturated rings. The van der Waals surface area contributed by atoms with Crippen LogP contribution in [-0.2, 0) is 0 Å². The van der Waals surface area contributed by atoms with E-state index in [1.54, 1.807) is 0 Å². The average Bonchev–Trinajstić information content (AvgIpc) is 3.84. The molecule has 0 aliphatic heterocycles. The van der Waals surface area contributed by atoms with Crippen molar-refractivity contribution in [3.05, 3.63) is 188 Å². The molecule has 0 saturated heterocycles. The highest BCUT2D eigenvalue weighted by Gasteiger charge is 2.24. The molecule has 5 heterocycles. The highest BCUT2D eigenvalue weighted by Crippen LogP contribution is 2.42. The number of hydrogen-bond donors (Lipinski definition) is 0. The molecular weight excluding hydrogens is 687 g/mol. The predicted molar refractivity (Wildman–Crippen MR) is 225 cm³/mol. The lowest BCUT2D eigenvalue weighted by Crippen LogP contribution is -2.06. The summed E-state index contributed by atoms with van der Waals surface area (Å²) in [6.07, 6.45) is 1.83. The van der Waals surface area contributed by atoms with Gasteiger partial charge in [-0.3, -0.25) is 9.55 Å². The Bertz CT molecular complexity index is 3170. The molecule has 0 saturated carbocycles. The van der Waals surface area contributed by atoms with Gasteiger partial charge in [-0.1, -0.05) is 146 Å². The minimum Gasteiger partial charge on any atom is -0.278 e. The van der Waals surface area contributed by atoms with Gasteiger partial charge in [-0.15, -0.1) is 0 Å². The lowest BCUT2D eigenvalue weighted by molar-refractivity contribution is 0.953. The summed E-state index contributed by atoms with van der Waals surface area (Å²) >= 11 is 0. The zero-order valence-corrected chi connectivity index (χ0v) is 30.0. The van der Waals surface area contributed by atoms with Crippen LogP contribution in [0.15, 0.2) is 188 Å². The SMILES string of the molecule is c1ccc(-c2nc(-c3ccccc3)nc(-n3c4ccccc4c4cc(-c5nn6c(-c7ccccn7)cc7ccccc7c6c5-c5ccccc5)ccc43)n2)cc1. The lowest BCUT2D eigenvalue weighted by Gasteiger charge is -2.11. The smallest absolute Gasteiger partial charge is 0.238 e. The molecule has 0 spiro atoms. The first-order valence-electron chi connectivity index (χ1n) is 18.6. The molecule has 0 N–H and O–H groups in total. The molecule has 6 aromatic carbocycles. The Morgan fingerprint density at radius 1 is 0.429 bits per heavy atom. The zero-order valence-electron chi connectivity index (χ0n) is 30.0. The van der Waals surface area contributed by atoms with Gasteiger partial charge in [-0.25, -0.2) is 9.50 Å². The predicted octanol–water partition coefficient (Wildman–Crippen LogP) is 11.5. The summed E-state index contributed by atoms with van der Waals surface area (Å²) in [4.78, 5) is 20.0. The Morgan fingerprint density at radius 3 is 1.73 bits per heavy atom. The Balaban J connectivity index is 1.19. The molecule has 0 amide bonds. The number of aromatic nitrogens is 7. The molecule has 262 valence electrons. The van der Waals surface area contributed by atoms with Crippen LogP contribution >= 0.6 is 0 Å². The van der Waals surface area contributed by atoms with E-state index in [2.05, 4.69) is 112 Å². The number of benzene rings is 6. The van der Waals surface area contributed by atoms with Crippen molar-refractivity contribution in [2.24, 2.45) is 0 Å². The first-order valence-corrected chi connectivity index (χ1v) is 18.6. The van der Waals surface area contributed by atoms with Crippen LogP contribution in [0, 0.1) is 0 Å². The molecule has 0 bridgehead atoms. The average molecular weight is 718 g/mol. The van der Waals surface area contributed by atoms with Gasteiger partial charge in [0.05, 0.1) is 27.9 Å². The van der Waals surface area contributed by atoms with Crippen molar-refractivity contribution in [3.63, 3.8) is 0 Å². The number of hydrogen-bond acceptors (Lipinski definition) is 5. The quantitative estimate of drug-likeness (QED) is 0.171. The maximum atomic E-state index is 5.46. The molecule has 56 heavy (non-hydrogen) atoms. The highest BCUT2D eigenvalue weighted by molar-refractivity contribution is 6.12. The van der Waals surface area contributed by atoms with Gasteiger partial charge in [-0.2, -0.15) is 15.1 Å². The van der Waals surface area contributed by atoms with Gasteiger partial charge in [0.25, 0.3) is 0 Å². The third-order valence-electron chi connectivity index (χ3n) is 10.4. The van der Waals surface area contributed by atoms with E-state index in [0.717, 1.165) is 83.0 Å². The summed E-state index contributed by atoms with van der Waals surface area (Å²) < 4.78 is 4.24. The Labute approximate surface area is 321 Å². The van der Waals surface area contributed by atoms with Gasteiger partial charge in [0.1, 0.15) is 5.69 Å². The van der Waals surface area contributed by atoms with Crippen LogP contribution < -0.4 is 0 Å². The molecule has 0 aliphatic carbocycles. The monoisotopic (exact) mass is 717 g/mol. The van der Waals surface area contributed by atoms with Gasteiger partial charge >= 0.3 is 0 Å². The van der Waals surface area contributed by atoms with Crippen LogP contribution in [-0.4, -0.2) is 34.1 Å². The molecule has 0 radical (unpaired) electrons. The van der Waals surface area contributed by atoms with Gasteiger partial charge in [0.2, 0.25) is 5.95 Å². The topological polar surface area (TPSA) is 73.8 Å². The van der Waals surface area contributed by atoms with Crippen LogP contribution in [0.2, 0.25) is 0 Å². The van der Waals surface area contributed by atoms with Crippen LogP contribution in [0.1, 0.15) is 0 Å². The van der Waals surface area contributed by atoms with Crippen LogP contribution in [0.25, 0.3) is 101 Å². The fraction of sp³-hybridized carbons (Fsp3) is 0. The van der Waals surface area contributed by atoms with E-state index >= 15 is 0 Å². The van der Waals surface area contributed by atoms with Gasteiger partial charge in [-0.05, 0) is 47.3 Å². The number of nitrogens with zero attached hydrogens (tertiary/aromatic N) is 7. The summed E-state index contributed by atoms with van der Waals surface area (Å²) in [5, 5.41) is 9.89. The minimum absolute atomic E-state index is 0.556. The molecule has 11 rings (SSSR count). The minimum atomic E-state index is 0.556. The molecule has 7 heteroatoms. The Morgan fingerprint density at radius 2 is 1.04 bits per heavy atom. The second kappa shape index (κ2) is 13.0. The van der Waals surface area contributed by atoms with Crippen molar-refractivity contribution < 1.29 is 0 Å².